The number of carbonyl (C=O) groups excluding carboxylic acids is 1. The van der Waals surface area contributed by atoms with E-state index in [-0.39, 0.29) is 25.1 Å². The highest BCUT2D eigenvalue weighted by atomic mass is 16.7. The van der Waals surface area contributed by atoms with E-state index in [1.165, 1.54) is 0 Å². The molecule has 27 heavy (non-hydrogen) atoms. The first-order valence-electron chi connectivity index (χ1n) is 8.54. The zero-order valence-electron chi connectivity index (χ0n) is 15.4. The van der Waals surface area contributed by atoms with Crippen molar-refractivity contribution >= 4 is 5.78 Å². The molecule has 142 valence electrons. The summed E-state index contributed by atoms with van der Waals surface area (Å²) in [5, 5.41) is 0. The normalized spacial score (nSPS) is 17.1. The largest absolute Gasteiger partial charge is 0.493 e. The van der Waals surface area contributed by atoms with Gasteiger partial charge in [0, 0.05) is 0 Å². The van der Waals surface area contributed by atoms with Crippen molar-refractivity contribution in [3.63, 3.8) is 0 Å². The van der Waals surface area contributed by atoms with E-state index in [2.05, 4.69) is 0 Å². The van der Waals surface area contributed by atoms with Gasteiger partial charge >= 0.3 is 0 Å². The summed E-state index contributed by atoms with van der Waals surface area (Å²) in [4.78, 5) is 13.0. The van der Waals surface area contributed by atoms with Crippen LogP contribution in [0.25, 0.3) is 0 Å². The lowest BCUT2D eigenvalue weighted by Crippen LogP contribution is -2.29. The van der Waals surface area contributed by atoms with Crippen LogP contribution in [0.4, 0.5) is 0 Å². The Morgan fingerprint density at radius 1 is 0.963 bits per heavy atom. The maximum Gasteiger partial charge on any atom is 0.231 e. The topological polar surface area (TPSA) is 72.5 Å². The van der Waals surface area contributed by atoms with Crippen molar-refractivity contribution in [3.05, 3.63) is 35.4 Å². The number of carbonyl (C=O) groups is 1. The van der Waals surface area contributed by atoms with E-state index < -0.39 is 0 Å². The number of ether oxygens (including phenoxy) is 6. The van der Waals surface area contributed by atoms with Crippen LogP contribution >= 0.6 is 0 Å². The van der Waals surface area contributed by atoms with Gasteiger partial charge in [0.2, 0.25) is 18.3 Å². The molecule has 7 heteroatoms. The van der Waals surface area contributed by atoms with Crippen molar-refractivity contribution < 1.29 is 33.2 Å². The molecular weight excluding hydrogens is 352 g/mol. The maximum absolute atomic E-state index is 13.0. The molecule has 0 amide bonds. The summed E-state index contributed by atoms with van der Waals surface area (Å²) in [5.74, 6) is 2.91. The SMILES string of the molecule is COc1cc(CC2COc3c(ccc4c3OCO4)C2=O)cc(OC)c1OC. The van der Waals surface area contributed by atoms with Crippen LogP contribution in [0.15, 0.2) is 24.3 Å². The Labute approximate surface area is 156 Å². The molecule has 0 saturated heterocycles. The number of hydrogen-bond donors (Lipinski definition) is 0. The second-order valence-electron chi connectivity index (χ2n) is 6.29. The number of hydrogen-bond acceptors (Lipinski definition) is 7. The third kappa shape index (κ3) is 2.89. The van der Waals surface area contributed by atoms with Crippen molar-refractivity contribution in [1.82, 2.24) is 0 Å². The van der Waals surface area contributed by atoms with Crippen LogP contribution in [0.2, 0.25) is 0 Å². The van der Waals surface area contributed by atoms with Gasteiger partial charge in [0.1, 0.15) is 0 Å². The maximum atomic E-state index is 13.0. The fourth-order valence-electron chi connectivity index (χ4n) is 3.45. The van der Waals surface area contributed by atoms with Gasteiger partial charge in [0.25, 0.3) is 0 Å². The Bertz CT molecular complexity index is 865. The number of methoxy groups -OCH3 is 3. The summed E-state index contributed by atoms with van der Waals surface area (Å²) in [7, 11) is 4.68. The summed E-state index contributed by atoms with van der Waals surface area (Å²) in [5.41, 5.74) is 1.42. The molecule has 7 nitrogen and oxygen atoms in total. The highest BCUT2D eigenvalue weighted by Gasteiger charge is 2.34. The van der Waals surface area contributed by atoms with Crippen LogP contribution in [0, 0.1) is 5.92 Å². The highest BCUT2D eigenvalue weighted by molar-refractivity contribution is 6.02. The molecule has 0 saturated carbocycles. The molecule has 1 atom stereocenters. The van der Waals surface area contributed by atoms with E-state index >= 15 is 0 Å². The molecule has 0 bridgehead atoms. The van der Waals surface area contributed by atoms with Crippen molar-refractivity contribution in [2.45, 2.75) is 6.42 Å². The third-order valence-corrected chi connectivity index (χ3v) is 4.77. The molecule has 2 heterocycles. The second kappa shape index (κ2) is 6.90. The molecule has 2 aromatic rings. The van der Waals surface area contributed by atoms with Crippen molar-refractivity contribution in [3.8, 4) is 34.5 Å². The molecule has 0 aromatic heterocycles. The van der Waals surface area contributed by atoms with E-state index in [1.54, 1.807) is 33.5 Å². The Hall–Kier alpha value is -3.09. The lowest BCUT2D eigenvalue weighted by molar-refractivity contribution is 0.0823. The third-order valence-electron chi connectivity index (χ3n) is 4.77. The lowest BCUT2D eigenvalue weighted by atomic mass is 9.89. The van der Waals surface area contributed by atoms with Crippen LogP contribution in [-0.2, 0) is 6.42 Å². The van der Waals surface area contributed by atoms with Crippen molar-refractivity contribution in [2.75, 3.05) is 34.7 Å². The fourth-order valence-corrected chi connectivity index (χ4v) is 3.45. The smallest absolute Gasteiger partial charge is 0.231 e. The number of fused-ring (bicyclic) bond motifs is 3. The zero-order chi connectivity index (χ0) is 19.0. The van der Waals surface area contributed by atoms with E-state index in [1.807, 2.05) is 12.1 Å². The summed E-state index contributed by atoms with van der Waals surface area (Å²) in [6.07, 6.45) is 0.490. The average molecular weight is 372 g/mol. The molecule has 0 fully saturated rings. The van der Waals surface area contributed by atoms with Crippen LogP contribution in [0.3, 0.4) is 0 Å². The molecule has 0 N–H and O–H groups in total. The Morgan fingerprint density at radius 2 is 1.70 bits per heavy atom. The minimum absolute atomic E-state index is 0.0169. The van der Waals surface area contributed by atoms with Crippen LogP contribution in [-0.4, -0.2) is 40.5 Å². The molecule has 1 unspecified atom stereocenters. The highest BCUT2D eigenvalue weighted by Crippen LogP contribution is 2.46. The van der Waals surface area contributed by atoms with Crippen LogP contribution in [0.5, 0.6) is 34.5 Å². The summed E-state index contributed by atoms with van der Waals surface area (Å²) >= 11 is 0. The van der Waals surface area contributed by atoms with Gasteiger partial charge in [-0.25, -0.2) is 0 Å². The number of ketones is 1. The molecule has 2 aliphatic rings. The van der Waals surface area contributed by atoms with E-state index in [0.29, 0.717) is 46.5 Å². The van der Waals surface area contributed by atoms with Crippen LogP contribution in [0.1, 0.15) is 15.9 Å². The average Bonchev–Trinajstić information content (AvgIpc) is 3.18. The predicted octanol–water partition coefficient (Wildman–Crippen LogP) is 2.88. The first-order valence-corrected chi connectivity index (χ1v) is 8.54. The van der Waals surface area contributed by atoms with Gasteiger partial charge in [-0.3, -0.25) is 4.79 Å². The molecular formula is C20H20O7. The summed E-state index contributed by atoms with van der Waals surface area (Å²) in [6, 6.07) is 7.17. The number of Topliss-reactive ketones (excluding diaryl/α,β-unsaturated/α-hetero) is 1. The fraction of sp³-hybridized carbons (Fsp3) is 0.350. The van der Waals surface area contributed by atoms with E-state index in [4.69, 9.17) is 28.4 Å². The van der Waals surface area contributed by atoms with Crippen molar-refractivity contribution in [2.24, 2.45) is 5.92 Å². The molecule has 0 spiro atoms. The monoisotopic (exact) mass is 372 g/mol. The zero-order valence-corrected chi connectivity index (χ0v) is 15.4. The molecule has 0 aliphatic carbocycles. The van der Waals surface area contributed by atoms with Crippen LogP contribution < -0.4 is 28.4 Å². The van der Waals surface area contributed by atoms with Gasteiger partial charge in [0.05, 0.1) is 39.4 Å². The minimum Gasteiger partial charge on any atom is -0.493 e. The second-order valence-corrected chi connectivity index (χ2v) is 6.29. The molecule has 0 radical (unpaired) electrons. The first kappa shape index (κ1) is 17.3. The van der Waals surface area contributed by atoms with E-state index in [0.717, 1.165) is 5.56 Å². The number of benzene rings is 2. The Kier molecular flexibility index (Phi) is 4.43. The van der Waals surface area contributed by atoms with Gasteiger partial charge < -0.3 is 28.4 Å². The quantitative estimate of drug-likeness (QED) is 0.799. The molecule has 4 rings (SSSR count). The molecule has 2 aromatic carbocycles. The van der Waals surface area contributed by atoms with Gasteiger partial charge in [0.15, 0.2) is 28.8 Å². The molecule has 2 aliphatic heterocycles. The lowest BCUT2D eigenvalue weighted by Gasteiger charge is -2.25. The van der Waals surface area contributed by atoms with E-state index in [9.17, 15) is 4.79 Å². The first-order chi connectivity index (χ1) is 13.2. The van der Waals surface area contributed by atoms with Gasteiger partial charge in [-0.15, -0.1) is 0 Å². The van der Waals surface area contributed by atoms with Crippen molar-refractivity contribution in [1.29, 1.82) is 0 Å². The summed E-state index contributed by atoms with van der Waals surface area (Å²) in [6.45, 7) is 0.403. The number of rotatable bonds is 5. The standard InChI is InChI=1S/C20H20O7/c1-22-15-7-11(8-16(23-2)19(15)24-3)6-12-9-25-18-13(17(12)21)4-5-14-20(18)27-10-26-14/h4-5,7-8,12H,6,9-10H2,1-3H3. The van der Waals surface area contributed by atoms with Gasteiger partial charge in [-0.1, -0.05) is 0 Å². The minimum atomic E-state index is -0.319. The van der Waals surface area contributed by atoms with Gasteiger partial charge in [-0.2, -0.15) is 0 Å². The predicted molar refractivity (Wildman–Crippen MR) is 95.7 cm³/mol. The Morgan fingerprint density at radius 3 is 2.37 bits per heavy atom. The Balaban J connectivity index is 1.62. The summed E-state index contributed by atoms with van der Waals surface area (Å²) < 4.78 is 32.8. The van der Waals surface area contributed by atoms with Gasteiger partial charge in [-0.05, 0) is 36.2 Å².